The van der Waals surface area contributed by atoms with E-state index in [4.69, 9.17) is 17.3 Å². The van der Waals surface area contributed by atoms with Gasteiger partial charge in [0.2, 0.25) is 5.91 Å². The number of benzene rings is 1. The summed E-state index contributed by atoms with van der Waals surface area (Å²) in [5.74, 6) is -0.587. The minimum absolute atomic E-state index is 0. The van der Waals surface area contributed by atoms with Gasteiger partial charge in [0.1, 0.15) is 5.82 Å². The molecule has 7 heteroatoms. The van der Waals surface area contributed by atoms with E-state index in [1.54, 1.807) is 19.1 Å². The zero-order chi connectivity index (χ0) is 14.0. The van der Waals surface area contributed by atoms with Crippen LogP contribution in [0.2, 0.25) is 5.02 Å². The van der Waals surface area contributed by atoms with Crippen LogP contribution in [0.25, 0.3) is 0 Å². The van der Waals surface area contributed by atoms with Gasteiger partial charge in [0.15, 0.2) is 0 Å². The lowest BCUT2D eigenvalue weighted by Gasteiger charge is -2.19. The first-order chi connectivity index (χ1) is 8.97. The minimum atomic E-state index is -0.512. The van der Waals surface area contributed by atoms with Crippen LogP contribution < -0.4 is 16.0 Å². The summed E-state index contributed by atoms with van der Waals surface area (Å²) in [4.78, 5) is 13.5. The smallest absolute Gasteiger partial charge is 0.236 e. The molecule has 0 aliphatic carbocycles. The van der Waals surface area contributed by atoms with Crippen molar-refractivity contribution >= 4 is 35.6 Å². The summed E-state index contributed by atoms with van der Waals surface area (Å²) in [5.41, 5.74) is 6.28. The molecule has 1 saturated heterocycles. The Bertz CT molecular complexity index is 485. The SMILES string of the molecule is CC(N)C(=O)NC1CCN(c2ccc(Cl)c(F)c2)C1.Cl. The first-order valence-electron chi connectivity index (χ1n) is 6.23. The highest BCUT2D eigenvalue weighted by Crippen LogP contribution is 2.24. The highest BCUT2D eigenvalue weighted by molar-refractivity contribution is 6.30. The molecule has 1 aromatic carbocycles. The Morgan fingerprint density at radius 1 is 1.60 bits per heavy atom. The average Bonchev–Trinajstić information content (AvgIpc) is 2.81. The van der Waals surface area contributed by atoms with Crippen LogP contribution in [-0.2, 0) is 4.79 Å². The number of halogens is 3. The molecule has 1 fully saturated rings. The molecule has 0 spiro atoms. The van der Waals surface area contributed by atoms with Crippen molar-refractivity contribution in [2.24, 2.45) is 5.73 Å². The molecule has 1 aliphatic rings. The summed E-state index contributed by atoms with van der Waals surface area (Å²) < 4.78 is 13.4. The van der Waals surface area contributed by atoms with Gasteiger partial charge in [-0.1, -0.05) is 11.6 Å². The average molecular weight is 322 g/mol. The topological polar surface area (TPSA) is 58.4 Å². The first-order valence-corrected chi connectivity index (χ1v) is 6.61. The van der Waals surface area contributed by atoms with Crippen LogP contribution in [0, 0.1) is 5.82 Å². The van der Waals surface area contributed by atoms with Crippen molar-refractivity contribution < 1.29 is 9.18 Å². The Kier molecular flexibility index (Phi) is 6.05. The fourth-order valence-electron chi connectivity index (χ4n) is 2.13. The predicted molar refractivity (Wildman–Crippen MR) is 81.1 cm³/mol. The van der Waals surface area contributed by atoms with Crippen LogP contribution in [0.4, 0.5) is 10.1 Å². The molecule has 112 valence electrons. The van der Waals surface area contributed by atoms with Gasteiger partial charge in [-0.2, -0.15) is 0 Å². The maximum Gasteiger partial charge on any atom is 0.236 e. The Morgan fingerprint density at radius 2 is 2.30 bits per heavy atom. The van der Waals surface area contributed by atoms with Gasteiger partial charge in [0, 0.05) is 24.8 Å². The van der Waals surface area contributed by atoms with E-state index >= 15 is 0 Å². The van der Waals surface area contributed by atoms with Crippen LogP contribution in [0.5, 0.6) is 0 Å². The molecule has 1 aliphatic heterocycles. The van der Waals surface area contributed by atoms with E-state index in [-0.39, 0.29) is 29.4 Å². The molecule has 20 heavy (non-hydrogen) atoms. The normalized spacial score (nSPS) is 19.4. The number of anilines is 1. The van der Waals surface area contributed by atoms with Gasteiger partial charge >= 0.3 is 0 Å². The molecule has 0 radical (unpaired) electrons. The van der Waals surface area contributed by atoms with Gasteiger partial charge < -0.3 is 16.0 Å². The van der Waals surface area contributed by atoms with Crippen molar-refractivity contribution in [3.05, 3.63) is 29.0 Å². The predicted octanol–water partition coefficient (Wildman–Crippen LogP) is 1.94. The van der Waals surface area contributed by atoms with E-state index in [2.05, 4.69) is 5.32 Å². The molecule has 1 heterocycles. The summed E-state index contributed by atoms with van der Waals surface area (Å²) in [7, 11) is 0. The van der Waals surface area contributed by atoms with E-state index in [0.29, 0.717) is 6.54 Å². The number of hydrogen-bond acceptors (Lipinski definition) is 3. The highest BCUT2D eigenvalue weighted by atomic mass is 35.5. The monoisotopic (exact) mass is 321 g/mol. The fourth-order valence-corrected chi connectivity index (χ4v) is 2.24. The van der Waals surface area contributed by atoms with Gasteiger partial charge in [-0.3, -0.25) is 4.79 Å². The van der Waals surface area contributed by atoms with Crippen LogP contribution in [-0.4, -0.2) is 31.1 Å². The lowest BCUT2D eigenvalue weighted by molar-refractivity contribution is -0.122. The second-order valence-corrected chi connectivity index (χ2v) is 5.23. The Hall–Kier alpha value is -1.04. The molecule has 1 aromatic rings. The summed E-state index contributed by atoms with van der Waals surface area (Å²) in [6.07, 6.45) is 0.822. The van der Waals surface area contributed by atoms with E-state index in [1.165, 1.54) is 6.07 Å². The number of carbonyl (C=O) groups is 1. The van der Waals surface area contributed by atoms with E-state index < -0.39 is 11.9 Å². The number of nitrogens with zero attached hydrogens (tertiary/aromatic N) is 1. The van der Waals surface area contributed by atoms with Crippen molar-refractivity contribution in [2.75, 3.05) is 18.0 Å². The molecule has 2 rings (SSSR count). The summed E-state index contributed by atoms with van der Waals surface area (Å²) in [6.45, 7) is 3.07. The summed E-state index contributed by atoms with van der Waals surface area (Å²) in [5, 5.41) is 2.99. The molecule has 4 nitrogen and oxygen atoms in total. The summed E-state index contributed by atoms with van der Waals surface area (Å²) >= 11 is 5.66. The number of amides is 1. The second-order valence-electron chi connectivity index (χ2n) is 4.83. The number of rotatable bonds is 3. The molecule has 2 unspecified atom stereocenters. The Morgan fingerprint density at radius 3 is 2.90 bits per heavy atom. The van der Waals surface area contributed by atoms with Crippen molar-refractivity contribution in [3.63, 3.8) is 0 Å². The van der Waals surface area contributed by atoms with Gasteiger partial charge in [0.05, 0.1) is 11.1 Å². The molecule has 1 amide bonds. The molecule has 0 aromatic heterocycles. The molecular weight excluding hydrogens is 304 g/mol. The lowest BCUT2D eigenvalue weighted by atomic mass is 10.2. The third kappa shape index (κ3) is 3.98. The van der Waals surface area contributed by atoms with Crippen LogP contribution in [0.3, 0.4) is 0 Å². The number of hydrogen-bond donors (Lipinski definition) is 2. The molecule has 2 atom stereocenters. The second kappa shape index (κ2) is 7.11. The van der Waals surface area contributed by atoms with Crippen LogP contribution in [0.15, 0.2) is 18.2 Å². The molecular formula is C13H18Cl2FN3O. The van der Waals surface area contributed by atoms with Crippen LogP contribution in [0.1, 0.15) is 13.3 Å². The molecule has 0 saturated carbocycles. The standard InChI is InChI=1S/C13H17ClFN3O.ClH/c1-8(16)13(19)17-9-4-5-18(7-9)10-2-3-11(14)12(15)6-10;/h2-3,6,8-9H,4-5,7,16H2,1H3,(H,17,19);1H. The largest absolute Gasteiger partial charge is 0.369 e. The van der Waals surface area contributed by atoms with E-state index in [1.807, 2.05) is 4.90 Å². The van der Waals surface area contributed by atoms with Gasteiger partial charge in [-0.25, -0.2) is 4.39 Å². The Balaban J connectivity index is 0.00000200. The fraction of sp³-hybridized carbons (Fsp3) is 0.462. The molecule has 3 N–H and O–H groups in total. The van der Waals surface area contributed by atoms with Crippen molar-refractivity contribution in [3.8, 4) is 0 Å². The summed E-state index contributed by atoms with van der Waals surface area (Å²) in [6, 6.07) is 4.28. The van der Waals surface area contributed by atoms with Gasteiger partial charge in [0.25, 0.3) is 0 Å². The number of nitrogens with one attached hydrogen (secondary N) is 1. The highest BCUT2D eigenvalue weighted by Gasteiger charge is 2.25. The van der Waals surface area contributed by atoms with Crippen molar-refractivity contribution in [1.82, 2.24) is 5.32 Å². The number of nitrogens with two attached hydrogens (primary N) is 1. The van der Waals surface area contributed by atoms with Crippen molar-refractivity contribution in [1.29, 1.82) is 0 Å². The first kappa shape index (κ1) is 17.0. The zero-order valence-corrected chi connectivity index (χ0v) is 12.7. The maximum absolute atomic E-state index is 13.4. The third-order valence-electron chi connectivity index (χ3n) is 3.22. The zero-order valence-electron chi connectivity index (χ0n) is 11.1. The molecule has 0 bridgehead atoms. The van der Waals surface area contributed by atoms with Crippen LogP contribution >= 0.6 is 24.0 Å². The third-order valence-corrected chi connectivity index (χ3v) is 3.52. The lowest BCUT2D eigenvalue weighted by Crippen LogP contribution is -2.44. The van der Waals surface area contributed by atoms with E-state index in [9.17, 15) is 9.18 Å². The Labute approximate surface area is 128 Å². The van der Waals surface area contributed by atoms with E-state index in [0.717, 1.165) is 18.7 Å². The number of carbonyl (C=O) groups excluding carboxylic acids is 1. The van der Waals surface area contributed by atoms with Gasteiger partial charge in [-0.15, -0.1) is 12.4 Å². The quantitative estimate of drug-likeness (QED) is 0.894. The van der Waals surface area contributed by atoms with Gasteiger partial charge in [-0.05, 0) is 31.5 Å². The van der Waals surface area contributed by atoms with Crippen molar-refractivity contribution in [2.45, 2.75) is 25.4 Å². The minimum Gasteiger partial charge on any atom is -0.369 e. The maximum atomic E-state index is 13.4.